The molecule has 108 valence electrons. The lowest BCUT2D eigenvalue weighted by Gasteiger charge is -2.06. The van der Waals surface area contributed by atoms with Crippen molar-refractivity contribution in [2.75, 3.05) is 0 Å². The van der Waals surface area contributed by atoms with Crippen molar-refractivity contribution in [3.8, 4) is 5.75 Å². The number of non-ortho nitro benzene ring substituents is 1. The summed E-state index contributed by atoms with van der Waals surface area (Å²) in [5, 5.41) is 10.5. The monoisotopic (exact) mass is 307 g/mol. The van der Waals surface area contributed by atoms with Crippen molar-refractivity contribution < 1.29 is 22.3 Å². The summed E-state index contributed by atoms with van der Waals surface area (Å²) in [6.07, 6.45) is 0.620. The Morgan fingerprint density at radius 1 is 1.00 bits per heavy atom. The highest BCUT2D eigenvalue weighted by molar-refractivity contribution is 7.87. The molecule has 0 aliphatic heterocycles. The molecule has 0 N–H and O–H groups in total. The maximum atomic E-state index is 12.0. The Morgan fingerprint density at radius 3 is 2.05 bits per heavy atom. The highest BCUT2D eigenvalue weighted by atomic mass is 32.2. The van der Waals surface area contributed by atoms with Gasteiger partial charge in [-0.25, -0.2) is 0 Å². The Hall–Kier alpha value is -2.74. The first-order valence-corrected chi connectivity index (χ1v) is 7.07. The lowest BCUT2D eigenvalue weighted by Crippen LogP contribution is -2.09. The van der Waals surface area contributed by atoms with Crippen LogP contribution in [-0.4, -0.2) is 19.6 Å². The van der Waals surface area contributed by atoms with Gasteiger partial charge in [0.25, 0.3) is 5.69 Å². The number of aldehydes is 1. The van der Waals surface area contributed by atoms with Crippen molar-refractivity contribution in [2.45, 2.75) is 4.90 Å². The molecule has 7 nitrogen and oxygen atoms in total. The van der Waals surface area contributed by atoms with Crippen molar-refractivity contribution >= 4 is 22.1 Å². The first-order valence-electron chi connectivity index (χ1n) is 5.66. The summed E-state index contributed by atoms with van der Waals surface area (Å²) in [4.78, 5) is 20.2. The minimum Gasteiger partial charge on any atom is -0.379 e. The molecule has 0 aliphatic carbocycles. The van der Waals surface area contributed by atoms with Gasteiger partial charge in [0.1, 0.15) is 16.9 Å². The van der Waals surface area contributed by atoms with Gasteiger partial charge < -0.3 is 4.18 Å². The number of rotatable bonds is 5. The number of carbonyl (C=O) groups is 1. The summed E-state index contributed by atoms with van der Waals surface area (Å²) in [5.41, 5.74) is 0.166. The largest absolute Gasteiger partial charge is 0.379 e. The van der Waals surface area contributed by atoms with Crippen LogP contribution in [0.25, 0.3) is 0 Å². The second-order valence-corrected chi connectivity index (χ2v) is 5.52. The number of hydrogen-bond acceptors (Lipinski definition) is 6. The second-order valence-electron chi connectivity index (χ2n) is 3.98. The van der Waals surface area contributed by atoms with Crippen LogP contribution < -0.4 is 4.18 Å². The molecule has 0 fully saturated rings. The molecule has 2 rings (SSSR count). The maximum absolute atomic E-state index is 12.0. The van der Waals surface area contributed by atoms with Crippen molar-refractivity contribution in [1.82, 2.24) is 0 Å². The highest BCUT2D eigenvalue weighted by Crippen LogP contribution is 2.21. The molecule has 0 radical (unpaired) electrons. The van der Waals surface area contributed by atoms with Crippen LogP contribution in [0.4, 0.5) is 5.69 Å². The van der Waals surface area contributed by atoms with Crippen LogP contribution in [-0.2, 0) is 10.1 Å². The normalized spacial score (nSPS) is 10.9. The molecule has 2 aromatic rings. The van der Waals surface area contributed by atoms with Gasteiger partial charge in [-0.2, -0.15) is 8.42 Å². The predicted molar refractivity (Wildman–Crippen MR) is 72.7 cm³/mol. The Kier molecular flexibility index (Phi) is 3.99. The fourth-order valence-electron chi connectivity index (χ4n) is 1.51. The van der Waals surface area contributed by atoms with Crippen molar-refractivity contribution in [3.63, 3.8) is 0 Å². The van der Waals surface area contributed by atoms with Gasteiger partial charge in [0.2, 0.25) is 0 Å². The summed E-state index contributed by atoms with van der Waals surface area (Å²) < 4.78 is 28.8. The smallest absolute Gasteiger partial charge is 0.339 e. The van der Waals surface area contributed by atoms with Crippen LogP contribution >= 0.6 is 0 Å². The van der Waals surface area contributed by atoms with Gasteiger partial charge >= 0.3 is 10.1 Å². The van der Waals surface area contributed by atoms with Gasteiger partial charge in [-0.05, 0) is 36.4 Å². The zero-order chi connectivity index (χ0) is 15.5. The van der Waals surface area contributed by atoms with E-state index in [9.17, 15) is 23.3 Å². The Balaban J connectivity index is 2.24. The lowest BCUT2D eigenvalue weighted by atomic mass is 10.2. The lowest BCUT2D eigenvalue weighted by molar-refractivity contribution is -0.384. The number of nitro groups is 1. The number of benzene rings is 2. The standard InChI is InChI=1S/C13H9NO6S/c15-9-10-1-5-12(6-2-10)20-21(18,19)13-7-3-11(4-8-13)14(16)17/h1-9H. The van der Waals surface area contributed by atoms with E-state index in [0.29, 0.717) is 11.8 Å². The van der Waals surface area contributed by atoms with E-state index >= 15 is 0 Å². The number of carbonyl (C=O) groups excluding carboxylic acids is 1. The van der Waals surface area contributed by atoms with Gasteiger partial charge in [-0.3, -0.25) is 14.9 Å². The second kappa shape index (κ2) is 5.71. The van der Waals surface area contributed by atoms with Crippen LogP contribution in [0.1, 0.15) is 10.4 Å². The number of hydrogen-bond donors (Lipinski definition) is 0. The fourth-order valence-corrected chi connectivity index (χ4v) is 2.44. The third kappa shape index (κ3) is 3.42. The van der Waals surface area contributed by atoms with Crippen molar-refractivity contribution in [1.29, 1.82) is 0 Å². The molecule has 0 aliphatic rings. The molecule has 0 unspecified atom stereocenters. The molecule has 0 amide bonds. The molecule has 21 heavy (non-hydrogen) atoms. The van der Waals surface area contributed by atoms with Crippen LogP contribution in [0.5, 0.6) is 5.75 Å². The average Bonchev–Trinajstić information content (AvgIpc) is 2.48. The molecule has 2 aromatic carbocycles. The zero-order valence-corrected chi connectivity index (χ0v) is 11.3. The molecular formula is C13H9NO6S. The minimum atomic E-state index is -4.09. The zero-order valence-electron chi connectivity index (χ0n) is 10.5. The molecule has 0 saturated heterocycles. The minimum absolute atomic E-state index is 0.0407. The Morgan fingerprint density at radius 2 is 1.57 bits per heavy atom. The molecule has 8 heteroatoms. The van der Waals surface area contributed by atoms with Gasteiger partial charge in [-0.15, -0.1) is 0 Å². The Bertz CT molecular complexity index is 765. The van der Waals surface area contributed by atoms with Crippen molar-refractivity contribution in [2.24, 2.45) is 0 Å². The summed E-state index contributed by atoms with van der Waals surface area (Å²) in [7, 11) is -4.09. The van der Waals surface area contributed by atoms with E-state index in [2.05, 4.69) is 0 Å². The predicted octanol–water partition coefficient (Wildman–Crippen LogP) is 2.17. The number of nitro benzene ring substituents is 1. The van der Waals surface area contributed by atoms with Gasteiger partial charge in [0.05, 0.1) is 4.92 Å². The summed E-state index contributed by atoms with van der Waals surface area (Å²) in [6.45, 7) is 0. The van der Waals surface area contributed by atoms with E-state index in [1.807, 2.05) is 0 Å². The van der Waals surface area contributed by atoms with E-state index in [1.54, 1.807) is 0 Å². The first-order chi connectivity index (χ1) is 9.92. The maximum Gasteiger partial charge on any atom is 0.339 e. The topological polar surface area (TPSA) is 104 Å². The van der Waals surface area contributed by atoms with Gasteiger partial charge in [0, 0.05) is 17.7 Å². The third-order valence-corrected chi connectivity index (χ3v) is 3.82. The first kappa shape index (κ1) is 14.7. The summed E-state index contributed by atoms with van der Waals surface area (Å²) >= 11 is 0. The summed E-state index contributed by atoms with van der Waals surface area (Å²) in [5.74, 6) is 0.0407. The van der Waals surface area contributed by atoms with E-state index in [-0.39, 0.29) is 16.3 Å². The van der Waals surface area contributed by atoms with Crippen molar-refractivity contribution in [3.05, 3.63) is 64.2 Å². The van der Waals surface area contributed by atoms with Gasteiger partial charge in [0.15, 0.2) is 0 Å². The number of nitrogens with zero attached hydrogens (tertiary/aromatic N) is 1. The average molecular weight is 307 g/mol. The van der Waals surface area contributed by atoms with Crippen LogP contribution in [0, 0.1) is 10.1 Å². The molecular weight excluding hydrogens is 298 g/mol. The molecule has 0 heterocycles. The fraction of sp³-hybridized carbons (Fsp3) is 0. The van der Waals surface area contributed by atoms with Crippen LogP contribution in [0.3, 0.4) is 0 Å². The van der Waals surface area contributed by atoms with Crippen LogP contribution in [0.2, 0.25) is 0 Å². The van der Waals surface area contributed by atoms with E-state index in [4.69, 9.17) is 4.18 Å². The molecule has 0 spiro atoms. The third-order valence-electron chi connectivity index (χ3n) is 2.56. The van der Waals surface area contributed by atoms with E-state index in [0.717, 1.165) is 24.3 Å². The van der Waals surface area contributed by atoms with Crippen LogP contribution in [0.15, 0.2) is 53.4 Å². The molecule has 0 atom stereocenters. The molecule has 0 aromatic heterocycles. The quantitative estimate of drug-likeness (QED) is 0.363. The SMILES string of the molecule is O=Cc1ccc(OS(=O)(=O)c2ccc([N+](=O)[O-])cc2)cc1. The summed E-state index contributed by atoms with van der Waals surface area (Å²) in [6, 6.07) is 9.83. The highest BCUT2D eigenvalue weighted by Gasteiger charge is 2.18. The molecule has 0 saturated carbocycles. The molecule has 0 bridgehead atoms. The van der Waals surface area contributed by atoms with Gasteiger partial charge in [-0.1, -0.05) is 0 Å². The Labute approximate surface area is 120 Å². The van der Waals surface area contributed by atoms with E-state index in [1.165, 1.54) is 24.3 Å². The van der Waals surface area contributed by atoms with E-state index < -0.39 is 15.0 Å².